The summed E-state index contributed by atoms with van der Waals surface area (Å²) in [6, 6.07) is 4.61. The van der Waals surface area contributed by atoms with Gasteiger partial charge >= 0.3 is 0 Å². The van der Waals surface area contributed by atoms with Gasteiger partial charge in [0.2, 0.25) is 5.24 Å². The second-order valence-electron chi connectivity index (χ2n) is 3.14. The molecule has 16 heavy (non-hydrogen) atoms. The fourth-order valence-corrected chi connectivity index (χ4v) is 1.44. The number of halogens is 2. The minimum atomic E-state index is -1.43. The summed E-state index contributed by atoms with van der Waals surface area (Å²) in [7, 11) is 2.95. The fourth-order valence-electron chi connectivity index (χ4n) is 1.31. The summed E-state index contributed by atoms with van der Waals surface area (Å²) >= 11 is 5.12. The van der Waals surface area contributed by atoms with Crippen LogP contribution in [-0.4, -0.2) is 19.5 Å². The molecule has 0 aromatic heterocycles. The number of carbonyl (C=O) groups is 1. The van der Waals surface area contributed by atoms with Gasteiger partial charge in [-0.3, -0.25) is 4.79 Å². The Morgan fingerprint density at radius 1 is 1.38 bits per heavy atom. The van der Waals surface area contributed by atoms with E-state index in [9.17, 15) is 9.18 Å². The van der Waals surface area contributed by atoms with Gasteiger partial charge in [0.1, 0.15) is 6.17 Å². The van der Waals surface area contributed by atoms with Crippen LogP contribution in [0.4, 0.5) is 4.39 Å². The first kappa shape index (κ1) is 12.8. The van der Waals surface area contributed by atoms with Crippen LogP contribution in [0.15, 0.2) is 18.2 Å². The molecule has 0 aliphatic carbocycles. The molecule has 0 aliphatic heterocycles. The number of rotatable bonds is 5. The molecule has 88 valence electrons. The van der Waals surface area contributed by atoms with Crippen LogP contribution in [0.2, 0.25) is 0 Å². The lowest BCUT2D eigenvalue weighted by Gasteiger charge is -2.11. The Balaban J connectivity index is 2.93. The standard InChI is InChI=1S/C11H12ClFO3/c1-15-9-4-3-7(5-10(9)16-2)8(13)6-11(12)14/h3-5,8H,6H2,1-2H3. The zero-order valence-electron chi connectivity index (χ0n) is 9.00. The van der Waals surface area contributed by atoms with Crippen molar-refractivity contribution >= 4 is 16.8 Å². The van der Waals surface area contributed by atoms with E-state index in [1.165, 1.54) is 26.4 Å². The molecule has 0 N–H and O–H groups in total. The monoisotopic (exact) mass is 246 g/mol. The number of ether oxygens (including phenoxy) is 2. The highest BCUT2D eigenvalue weighted by Crippen LogP contribution is 2.32. The minimum absolute atomic E-state index is 0.339. The van der Waals surface area contributed by atoms with E-state index in [0.717, 1.165) is 0 Å². The van der Waals surface area contributed by atoms with Crippen molar-refractivity contribution in [2.45, 2.75) is 12.6 Å². The smallest absolute Gasteiger partial charge is 0.224 e. The molecule has 0 spiro atoms. The Bertz CT molecular complexity index is 381. The van der Waals surface area contributed by atoms with Gasteiger partial charge in [-0.25, -0.2) is 4.39 Å². The molecule has 1 atom stereocenters. The summed E-state index contributed by atoms with van der Waals surface area (Å²) in [5.74, 6) is 0.931. The van der Waals surface area contributed by atoms with Gasteiger partial charge in [0.15, 0.2) is 11.5 Å². The summed E-state index contributed by atoms with van der Waals surface area (Å²) in [4.78, 5) is 10.6. The van der Waals surface area contributed by atoms with Crippen LogP contribution in [-0.2, 0) is 4.79 Å². The van der Waals surface area contributed by atoms with Crippen molar-refractivity contribution in [3.05, 3.63) is 23.8 Å². The Labute approximate surface area is 98.1 Å². The Hall–Kier alpha value is -1.29. The molecule has 0 saturated carbocycles. The molecule has 1 aromatic rings. The third kappa shape index (κ3) is 3.10. The van der Waals surface area contributed by atoms with Gasteiger partial charge in [0, 0.05) is 0 Å². The maximum Gasteiger partial charge on any atom is 0.224 e. The average molecular weight is 247 g/mol. The van der Waals surface area contributed by atoms with Crippen molar-refractivity contribution < 1.29 is 18.7 Å². The van der Waals surface area contributed by atoms with E-state index in [1.807, 2.05) is 0 Å². The molecule has 0 saturated heterocycles. The first-order chi connectivity index (χ1) is 7.58. The van der Waals surface area contributed by atoms with Gasteiger partial charge in [-0.2, -0.15) is 0 Å². The van der Waals surface area contributed by atoms with E-state index in [-0.39, 0.29) is 6.42 Å². The molecular formula is C11H12ClFO3. The second-order valence-corrected chi connectivity index (χ2v) is 3.56. The topological polar surface area (TPSA) is 35.5 Å². The highest BCUT2D eigenvalue weighted by atomic mass is 35.5. The normalized spacial score (nSPS) is 12.0. The van der Waals surface area contributed by atoms with Crippen molar-refractivity contribution in [3.63, 3.8) is 0 Å². The van der Waals surface area contributed by atoms with Crippen LogP contribution in [0, 0.1) is 0 Å². The van der Waals surface area contributed by atoms with Crippen molar-refractivity contribution in [2.24, 2.45) is 0 Å². The molecule has 1 aromatic carbocycles. The first-order valence-corrected chi connectivity index (χ1v) is 5.00. The first-order valence-electron chi connectivity index (χ1n) is 4.62. The van der Waals surface area contributed by atoms with Gasteiger partial charge in [-0.1, -0.05) is 6.07 Å². The van der Waals surface area contributed by atoms with Crippen molar-refractivity contribution in [1.29, 1.82) is 0 Å². The zero-order chi connectivity index (χ0) is 12.1. The van der Waals surface area contributed by atoms with E-state index in [2.05, 4.69) is 0 Å². The average Bonchev–Trinajstić information content (AvgIpc) is 2.27. The second kappa shape index (κ2) is 5.70. The van der Waals surface area contributed by atoms with Crippen LogP contribution < -0.4 is 9.47 Å². The molecular weight excluding hydrogens is 235 g/mol. The molecule has 1 rings (SSSR count). The lowest BCUT2D eigenvalue weighted by atomic mass is 10.1. The van der Waals surface area contributed by atoms with Gasteiger partial charge in [-0.05, 0) is 29.3 Å². The van der Waals surface area contributed by atoms with E-state index >= 15 is 0 Å². The van der Waals surface area contributed by atoms with Crippen molar-refractivity contribution in [3.8, 4) is 11.5 Å². The van der Waals surface area contributed by atoms with Gasteiger partial charge < -0.3 is 9.47 Å². The Morgan fingerprint density at radius 3 is 2.50 bits per heavy atom. The quantitative estimate of drug-likeness (QED) is 0.750. The number of methoxy groups -OCH3 is 2. The molecule has 1 unspecified atom stereocenters. The number of hydrogen-bond acceptors (Lipinski definition) is 3. The van der Waals surface area contributed by atoms with Crippen LogP contribution in [0.5, 0.6) is 11.5 Å². The molecule has 0 heterocycles. The molecule has 0 aliphatic rings. The lowest BCUT2D eigenvalue weighted by molar-refractivity contribution is -0.112. The largest absolute Gasteiger partial charge is 0.493 e. The molecule has 0 radical (unpaired) electrons. The van der Waals surface area contributed by atoms with Gasteiger partial charge in [0.05, 0.1) is 20.6 Å². The van der Waals surface area contributed by atoms with Crippen LogP contribution >= 0.6 is 11.6 Å². The number of benzene rings is 1. The van der Waals surface area contributed by atoms with Crippen LogP contribution in [0.25, 0.3) is 0 Å². The summed E-state index contributed by atoms with van der Waals surface area (Å²) in [5.41, 5.74) is 0.339. The molecule has 0 bridgehead atoms. The Morgan fingerprint density at radius 2 is 2.00 bits per heavy atom. The summed E-state index contributed by atoms with van der Waals surface area (Å²) in [6.45, 7) is 0. The number of carbonyl (C=O) groups excluding carboxylic acids is 1. The maximum absolute atomic E-state index is 13.5. The summed E-state index contributed by atoms with van der Waals surface area (Å²) in [6.07, 6.45) is -1.78. The minimum Gasteiger partial charge on any atom is -0.493 e. The highest BCUT2D eigenvalue weighted by Gasteiger charge is 2.15. The molecule has 0 amide bonds. The zero-order valence-corrected chi connectivity index (χ0v) is 9.75. The van der Waals surface area contributed by atoms with E-state index in [1.54, 1.807) is 6.07 Å². The van der Waals surface area contributed by atoms with E-state index in [0.29, 0.717) is 17.1 Å². The number of alkyl halides is 1. The fraction of sp³-hybridized carbons (Fsp3) is 0.364. The predicted octanol–water partition coefficient (Wildman–Crippen LogP) is 2.87. The SMILES string of the molecule is COc1ccc(C(F)CC(=O)Cl)cc1OC. The number of hydrogen-bond donors (Lipinski definition) is 0. The van der Waals surface area contributed by atoms with Gasteiger partial charge in [-0.15, -0.1) is 0 Å². The molecule has 0 fully saturated rings. The summed E-state index contributed by atoms with van der Waals surface area (Å²) < 4.78 is 23.6. The van der Waals surface area contributed by atoms with Gasteiger partial charge in [0.25, 0.3) is 0 Å². The van der Waals surface area contributed by atoms with E-state index in [4.69, 9.17) is 21.1 Å². The van der Waals surface area contributed by atoms with Crippen molar-refractivity contribution in [1.82, 2.24) is 0 Å². The third-order valence-electron chi connectivity index (χ3n) is 2.11. The molecule has 3 nitrogen and oxygen atoms in total. The maximum atomic E-state index is 13.5. The summed E-state index contributed by atoms with van der Waals surface area (Å²) in [5, 5.41) is -0.706. The third-order valence-corrected chi connectivity index (χ3v) is 2.26. The predicted molar refractivity (Wildman–Crippen MR) is 58.9 cm³/mol. The lowest BCUT2D eigenvalue weighted by Crippen LogP contribution is -1.99. The van der Waals surface area contributed by atoms with Crippen LogP contribution in [0.3, 0.4) is 0 Å². The highest BCUT2D eigenvalue weighted by molar-refractivity contribution is 6.63. The van der Waals surface area contributed by atoms with Crippen molar-refractivity contribution in [2.75, 3.05) is 14.2 Å². The van der Waals surface area contributed by atoms with Crippen LogP contribution in [0.1, 0.15) is 18.2 Å². The molecule has 5 heteroatoms. The van der Waals surface area contributed by atoms with E-state index < -0.39 is 11.4 Å². The Kier molecular flexibility index (Phi) is 4.55.